The van der Waals surface area contributed by atoms with Gasteiger partial charge >= 0.3 is 0 Å². The molecule has 69 heavy (non-hydrogen) atoms. The van der Waals surface area contributed by atoms with Crippen LogP contribution in [0.4, 0.5) is 0 Å². The van der Waals surface area contributed by atoms with Crippen LogP contribution in [0.25, 0.3) is 66.8 Å². The quantitative estimate of drug-likeness (QED) is 0.126. The lowest BCUT2D eigenvalue weighted by Gasteiger charge is -2.17. The molecule has 0 spiro atoms. The fraction of sp³-hybridized carbons (Fsp3) is 0.158. The Bertz CT molecular complexity index is 3140. The summed E-state index contributed by atoms with van der Waals surface area (Å²) in [5.41, 5.74) is 36.3. The molecule has 6 aliphatic carbocycles. The van der Waals surface area contributed by atoms with Crippen molar-refractivity contribution in [2.45, 2.75) is 38.5 Å². The third-order valence-corrected chi connectivity index (χ3v) is 13.5. The van der Waals surface area contributed by atoms with Crippen molar-refractivity contribution < 1.29 is 38.9 Å². The second-order valence-electron chi connectivity index (χ2n) is 18.3. The van der Waals surface area contributed by atoms with Gasteiger partial charge in [-0.15, -0.1) is 0 Å². The minimum atomic E-state index is -3.67. The van der Waals surface area contributed by atoms with E-state index >= 15 is 0 Å². The second-order valence-corrected chi connectivity index (χ2v) is 22.7. The van der Waals surface area contributed by atoms with Gasteiger partial charge in [0.05, 0.1) is 18.8 Å². The van der Waals surface area contributed by atoms with E-state index in [-0.39, 0.29) is 0 Å². The third kappa shape index (κ3) is 9.00. The van der Waals surface area contributed by atoms with Gasteiger partial charge in [0.1, 0.15) is 0 Å². The highest BCUT2D eigenvalue weighted by molar-refractivity contribution is 7.85. The maximum atomic E-state index is 9.19. The Hall–Kier alpha value is -6.51. The smallest absolute Gasteiger partial charge is 0.261 e. The molecule has 0 unspecified atom stereocenters. The first-order valence-electron chi connectivity index (χ1n) is 22.5. The molecule has 0 bridgehead atoms. The molecule has 6 aliphatic rings. The summed E-state index contributed by atoms with van der Waals surface area (Å²) in [7, 11) is -11.0. The van der Waals surface area contributed by atoms with Gasteiger partial charge in [-0.3, -0.25) is 13.7 Å². The normalized spacial score (nSPS) is 13.7. The van der Waals surface area contributed by atoms with Crippen molar-refractivity contribution in [3.8, 4) is 66.8 Å². The average Bonchev–Trinajstić information content (AvgIpc) is 4.13. The lowest BCUT2D eigenvalue weighted by atomic mass is 9.86. The van der Waals surface area contributed by atoms with Crippen LogP contribution in [0.1, 0.15) is 66.8 Å². The van der Waals surface area contributed by atoms with Crippen molar-refractivity contribution in [1.82, 2.24) is 0 Å². The van der Waals surface area contributed by atoms with Gasteiger partial charge in [-0.2, -0.15) is 25.3 Å². The zero-order valence-corrected chi connectivity index (χ0v) is 40.6. The molecule has 9 nitrogen and oxygen atoms in total. The number of hydrogen-bond donors (Lipinski definition) is 3. The molecule has 14 rings (SSSR count). The van der Waals surface area contributed by atoms with Crippen molar-refractivity contribution in [3.63, 3.8) is 0 Å². The van der Waals surface area contributed by atoms with Gasteiger partial charge in [-0.25, -0.2) is 0 Å². The van der Waals surface area contributed by atoms with Crippen molar-refractivity contribution in [3.05, 3.63) is 212 Å². The fourth-order valence-corrected chi connectivity index (χ4v) is 11.5. The van der Waals surface area contributed by atoms with Crippen molar-refractivity contribution >= 4 is 30.4 Å². The van der Waals surface area contributed by atoms with Gasteiger partial charge in [-0.1, -0.05) is 146 Å². The van der Waals surface area contributed by atoms with Gasteiger partial charge < -0.3 is 0 Å². The van der Waals surface area contributed by atoms with Crippen LogP contribution in [0.5, 0.6) is 0 Å². The van der Waals surface area contributed by atoms with E-state index in [4.69, 9.17) is 13.7 Å². The molecule has 12 heteroatoms. The van der Waals surface area contributed by atoms with E-state index in [0.717, 1.165) is 38.5 Å². The predicted octanol–water partition coefficient (Wildman–Crippen LogP) is 11.3. The SMILES string of the molecule is CS(=O)(=O)O.CS(=O)(=O)O.CS(=O)(=O)O.c1ccc2c(c1)Cc1c-2c2c(c3c1-c1ccccc1C3)-c1ccccc1C2.c1ccc2c(c1)Cc1c-2c2c(c3c1-c1ccccc1C3)-c1ccccc1C2. The molecule has 348 valence electrons. The zero-order valence-electron chi connectivity index (χ0n) is 38.1. The van der Waals surface area contributed by atoms with Crippen LogP contribution in [-0.4, -0.2) is 57.7 Å². The molecule has 3 N–H and O–H groups in total. The van der Waals surface area contributed by atoms with Gasteiger partial charge in [-0.05, 0) is 172 Å². The summed E-state index contributed by atoms with van der Waals surface area (Å²) in [6, 6.07) is 54.2. The molecule has 0 aliphatic heterocycles. The maximum absolute atomic E-state index is 9.19. The molecule has 0 heterocycles. The zero-order chi connectivity index (χ0) is 48.6. The summed E-state index contributed by atoms with van der Waals surface area (Å²) >= 11 is 0. The van der Waals surface area contributed by atoms with E-state index in [1.807, 2.05) is 0 Å². The second kappa shape index (κ2) is 17.5. The number of hydrogen-bond acceptors (Lipinski definition) is 6. The Morgan fingerprint density at radius 1 is 0.261 bits per heavy atom. The highest BCUT2D eigenvalue weighted by Gasteiger charge is 2.38. The van der Waals surface area contributed by atoms with Gasteiger partial charge in [0.25, 0.3) is 30.4 Å². The number of rotatable bonds is 0. The summed E-state index contributed by atoms with van der Waals surface area (Å²) in [6.07, 6.45) is 8.60. The van der Waals surface area contributed by atoms with Crippen molar-refractivity contribution in [1.29, 1.82) is 0 Å². The van der Waals surface area contributed by atoms with Gasteiger partial charge in [0.15, 0.2) is 0 Å². The minimum Gasteiger partial charge on any atom is -0.286 e. The topological polar surface area (TPSA) is 163 Å². The van der Waals surface area contributed by atoms with E-state index in [2.05, 4.69) is 146 Å². The van der Waals surface area contributed by atoms with Gasteiger partial charge in [0, 0.05) is 0 Å². The minimum absolute atomic E-state index is 0.715. The van der Waals surface area contributed by atoms with Gasteiger partial charge in [0.2, 0.25) is 0 Å². The molecule has 0 saturated heterocycles. The Morgan fingerprint density at radius 2 is 0.377 bits per heavy atom. The predicted molar refractivity (Wildman–Crippen MR) is 275 cm³/mol. The molecule has 8 aromatic carbocycles. The highest BCUT2D eigenvalue weighted by atomic mass is 32.2. The van der Waals surface area contributed by atoms with E-state index in [9.17, 15) is 25.3 Å². The molecule has 0 fully saturated rings. The highest BCUT2D eigenvalue weighted by Crippen LogP contribution is 2.58. The number of fused-ring (bicyclic) bond motifs is 24. The Labute approximate surface area is 403 Å². The van der Waals surface area contributed by atoms with Crippen LogP contribution >= 0.6 is 0 Å². The Balaban J connectivity index is 0.000000125. The van der Waals surface area contributed by atoms with Crippen molar-refractivity contribution in [2.24, 2.45) is 0 Å². The maximum Gasteiger partial charge on any atom is 0.261 e. The Morgan fingerprint density at radius 3 is 0.507 bits per heavy atom. The summed E-state index contributed by atoms with van der Waals surface area (Å²) in [6.45, 7) is 0. The summed E-state index contributed by atoms with van der Waals surface area (Å²) in [4.78, 5) is 0. The molecule has 0 radical (unpaired) electrons. The van der Waals surface area contributed by atoms with Crippen LogP contribution in [0.2, 0.25) is 0 Å². The molecule has 0 atom stereocenters. The molecule has 0 aromatic heterocycles. The van der Waals surface area contributed by atoms with Crippen LogP contribution in [0.3, 0.4) is 0 Å². The lowest BCUT2D eigenvalue weighted by molar-refractivity contribution is 0.488. The standard InChI is InChI=1S/2C27H18.3CH4O3S/c2*1-4-10-19-16(7-1)13-22-25(19)23-14-17-8-3-6-12-21(17)27(23)24-15-18-9-2-5-11-20(18)26(22)24;3*1-5(2,3)4/h2*1-12H,13-15H2;3*1H3,(H,2,3,4). The first kappa shape index (κ1) is 46.2. The largest absolute Gasteiger partial charge is 0.286 e. The first-order valence-corrected chi connectivity index (χ1v) is 28.0. The third-order valence-electron chi connectivity index (χ3n) is 13.5. The van der Waals surface area contributed by atoms with Crippen LogP contribution in [0.15, 0.2) is 146 Å². The van der Waals surface area contributed by atoms with Crippen LogP contribution < -0.4 is 0 Å². The van der Waals surface area contributed by atoms with E-state index in [1.54, 1.807) is 33.4 Å². The number of benzene rings is 8. The molecular formula is C57H48O9S3. The Kier molecular flexibility index (Phi) is 11.7. The summed E-state index contributed by atoms with van der Waals surface area (Å²) in [5.74, 6) is 0. The average molecular weight is 973 g/mol. The molecular weight excluding hydrogens is 925 g/mol. The fourth-order valence-electron chi connectivity index (χ4n) is 11.5. The molecule has 8 aromatic rings. The monoisotopic (exact) mass is 972 g/mol. The molecule has 0 amide bonds. The summed E-state index contributed by atoms with van der Waals surface area (Å²) < 4.78 is 77.6. The van der Waals surface area contributed by atoms with E-state index < -0.39 is 30.4 Å². The van der Waals surface area contributed by atoms with Crippen LogP contribution in [0, 0.1) is 0 Å². The molecule has 0 saturated carbocycles. The van der Waals surface area contributed by atoms with E-state index in [1.165, 1.54) is 100 Å². The first-order chi connectivity index (χ1) is 32.8. The van der Waals surface area contributed by atoms with E-state index in [0.29, 0.717) is 18.8 Å². The van der Waals surface area contributed by atoms with Crippen LogP contribution in [-0.2, 0) is 68.9 Å². The van der Waals surface area contributed by atoms with Crippen molar-refractivity contribution in [2.75, 3.05) is 18.8 Å². The summed E-state index contributed by atoms with van der Waals surface area (Å²) in [5, 5.41) is 0. The lowest BCUT2D eigenvalue weighted by Crippen LogP contribution is -1.96.